The number of ether oxygens (including phenoxy) is 1. The molecule has 1 spiro atoms. The number of rotatable bonds is 1. The van der Waals surface area contributed by atoms with Crippen molar-refractivity contribution in [1.29, 1.82) is 0 Å². The molecule has 0 aromatic carbocycles. The molecule has 2 heteroatoms. The van der Waals surface area contributed by atoms with Crippen molar-refractivity contribution in [1.82, 2.24) is 0 Å². The van der Waals surface area contributed by atoms with Crippen LogP contribution in [-0.4, -0.2) is 11.6 Å². The molecule has 0 radical (unpaired) electrons. The second-order valence-corrected chi connectivity index (χ2v) is 7.63. The Morgan fingerprint density at radius 3 is 2.65 bits per heavy atom. The average Bonchev–Trinajstić information content (AvgIpc) is 2.84. The van der Waals surface area contributed by atoms with Crippen molar-refractivity contribution in [3.05, 3.63) is 0 Å². The van der Waals surface area contributed by atoms with Crippen LogP contribution in [0, 0.1) is 28.6 Å². The molecule has 0 amide bonds. The molecule has 3 saturated carbocycles. The van der Waals surface area contributed by atoms with Crippen LogP contribution in [-0.2, 0) is 9.53 Å². The lowest BCUT2D eigenvalue weighted by molar-refractivity contribution is -0.227. The highest BCUT2D eigenvalue weighted by atomic mass is 16.6. The van der Waals surface area contributed by atoms with E-state index in [2.05, 4.69) is 20.8 Å². The van der Waals surface area contributed by atoms with Crippen molar-refractivity contribution in [3.8, 4) is 0 Å². The number of hydrogen-bond donors (Lipinski definition) is 0. The van der Waals surface area contributed by atoms with E-state index < -0.39 is 0 Å². The summed E-state index contributed by atoms with van der Waals surface area (Å²) < 4.78 is 5.91. The van der Waals surface area contributed by atoms with Gasteiger partial charge in [0.25, 0.3) is 0 Å². The summed E-state index contributed by atoms with van der Waals surface area (Å²) in [5.74, 6) is 2.06. The molecule has 2 aliphatic heterocycles. The van der Waals surface area contributed by atoms with Crippen LogP contribution in [0.1, 0.15) is 52.9 Å². The lowest BCUT2D eigenvalue weighted by Crippen LogP contribution is -2.61. The van der Waals surface area contributed by atoms with E-state index in [1.807, 2.05) is 0 Å². The van der Waals surface area contributed by atoms with Crippen LogP contribution in [0.4, 0.5) is 0 Å². The molecular formula is C15H22O2. The van der Waals surface area contributed by atoms with Crippen LogP contribution in [0.15, 0.2) is 0 Å². The zero-order valence-electron chi connectivity index (χ0n) is 11.1. The van der Waals surface area contributed by atoms with Crippen molar-refractivity contribution in [2.45, 2.75) is 58.5 Å². The summed E-state index contributed by atoms with van der Waals surface area (Å²) in [6, 6.07) is 0. The third-order valence-electron chi connectivity index (χ3n) is 6.83. The number of carbonyl (C=O) groups is 1. The maximum absolute atomic E-state index is 12.5. The van der Waals surface area contributed by atoms with Gasteiger partial charge in [-0.3, -0.25) is 4.79 Å². The van der Waals surface area contributed by atoms with Crippen molar-refractivity contribution in [2.24, 2.45) is 28.6 Å². The third-order valence-corrected chi connectivity index (χ3v) is 6.83. The van der Waals surface area contributed by atoms with Crippen LogP contribution in [0.5, 0.6) is 0 Å². The maximum Gasteiger partial charge on any atom is 0.312 e. The maximum atomic E-state index is 12.5. The number of carbonyl (C=O) groups excluding carboxylic acids is 1. The SMILES string of the molecule is CC(C)C12CCC3(CC4CC4(C)C3C1)C(=O)O2. The van der Waals surface area contributed by atoms with Crippen molar-refractivity contribution in [3.63, 3.8) is 0 Å². The summed E-state index contributed by atoms with van der Waals surface area (Å²) in [5.41, 5.74) is 0.304. The Balaban J connectivity index is 1.80. The molecule has 5 fully saturated rings. The summed E-state index contributed by atoms with van der Waals surface area (Å²) in [7, 11) is 0. The molecule has 2 nitrogen and oxygen atoms in total. The van der Waals surface area contributed by atoms with E-state index in [0.717, 1.165) is 31.6 Å². The minimum absolute atomic E-state index is 0.0612. The molecule has 2 heterocycles. The fourth-order valence-corrected chi connectivity index (χ4v) is 5.35. The lowest BCUT2D eigenvalue weighted by Gasteiger charge is -2.57. The van der Waals surface area contributed by atoms with Gasteiger partial charge in [0.1, 0.15) is 5.60 Å². The fraction of sp³-hybridized carbons (Fsp3) is 0.933. The van der Waals surface area contributed by atoms with Gasteiger partial charge in [-0.05, 0) is 55.3 Å². The van der Waals surface area contributed by atoms with E-state index in [4.69, 9.17) is 4.74 Å². The number of esters is 1. The van der Waals surface area contributed by atoms with Crippen molar-refractivity contribution in [2.75, 3.05) is 0 Å². The second-order valence-electron chi connectivity index (χ2n) is 7.63. The molecule has 5 aliphatic rings. The van der Waals surface area contributed by atoms with Crippen molar-refractivity contribution >= 4 is 5.97 Å². The van der Waals surface area contributed by atoms with E-state index in [1.54, 1.807) is 0 Å². The lowest BCUT2D eigenvalue weighted by atomic mass is 9.55. The molecule has 0 aromatic rings. The first-order chi connectivity index (χ1) is 7.93. The predicted octanol–water partition coefficient (Wildman–Crippen LogP) is 3.15. The summed E-state index contributed by atoms with van der Waals surface area (Å²) in [4.78, 5) is 12.5. The summed E-state index contributed by atoms with van der Waals surface area (Å²) in [5, 5.41) is 0. The smallest absolute Gasteiger partial charge is 0.312 e. The minimum atomic E-state index is -0.121. The van der Waals surface area contributed by atoms with Gasteiger partial charge in [-0.2, -0.15) is 0 Å². The third kappa shape index (κ3) is 0.946. The Morgan fingerprint density at radius 2 is 2.00 bits per heavy atom. The molecular weight excluding hydrogens is 212 g/mol. The Hall–Kier alpha value is -0.530. The van der Waals surface area contributed by atoms with Gasteiger partial charge in [0.15, 0.2) is 0 Å². The molecule has 3 aliphatic carbocycles. The zero-order chi connectivity index (χ0) is 12.1. The monoisotopic (exact) mass is 234 g/mol. The highest BCUT2D eigenvalue weighted by molar-refractivity contribution is 5.81. The van der Waals surface area contributed by atoms with Crippen LogP contribution in [0.25, 0.3) is 0 Å². The molecule has 5 rings (SSSR count). The van der Waals surface area contributed by atoms with Gasteiger partial charge in [0.05, 0.1) is 5.41 Å². The first-order valence-electron chi connectivity index (χ1n) is 7.16. The molecule has 5 unspecified atom stereocenters. The van der Waals surface area contributed by atoms with Crippen LogP contribution >= 0.6 is 0 Å². The average molecular weight is 234 g/mol. The van der Waals surface area contributed by atoms with Gasteiger partial charge < -0.3 is 4.74 Å². The Labute approximate surface area is 103 Å². The Bertz CT molecular complexity index is 415. The van der Waals surface area contributed by atoms with Crippen LogP contribution in [0.3, 0.4) is 0 Å². The van der Waals surface area contributed by atoms with Gasteiger partial charge in [0, 0.05) is 0 Å². The number of fused-ring (bicyclic) bond motifs is 3. The zero-order valence-corrected chi connectivity index (χ0v) is 11.1. The van der Waals surface area contributed by atoms with E-state index in [9.17, 15) is 4.79 Å². The quantitative estimate of drug-likeness (QED) is 0.651. The topological polar surface area (TPSA) is 26.3 Å². The second kappa shape index (κ2) is 2.57. The van der Waals surface area contributed by atoms with Crippen LogP contribution < -0.4 is 0 Å². The molecule has 17 heavy (non-hydrogen) atoms. The predicted molar refractivity (Wildman–Crippen MR) is 64.3 cm³/mol. The van der Waals surface area contributed by atoms with E-state index >= 15 is 0 Å². The number of hydrogen-bond acceptors (Lipinski definition) is 2. The highest BCUT2D eigenvalue weighted by Crippen LogP contribution is 2.78. The highest BCUT2D eigenvalue weighted by Gasteiger charge is 2.76. The van der Waals surface area contributed by atoms with Crippen molar-refractivity contribution < 1.29 is 9.53 Å². The summed E-state index contributed by atoms with van der Waals surface area (Å²) in [6.07, 6.45) is 5.84. The van der Waals surface area contributed by atoms with Gasteiger partial charge in [-0.1, -0.05) is 20.8 Å². The molecule has 0 aromatic heterocycles. The first kappa shape index (κ1) is 10.4. The van der Waals surface area contributed by atoms with Gasteiger partial charge >= 0.3 is 5.97 Å². The minimum Gasteiger partial charge on any atom is -0.458 e. The molecule has 2 bridgehead atoms. The summed E-state index contributed by atoms with van der Waals surface area (Å²) in [6.45, 7) is 6.85. The Kier molecular flexibility index (Phi) is 1.57. The van der Waals surface area contributed by atoms with Gasteiger partial charge in [0.2, 0.25) is 0 Å². The van der Waals surface area contributed by atoms with E-state index in [-0.39, 0.29) is 17.0 Å². The largest absolute Gasteiger partial charge is 0.458 e. The Morgan fingerprint density at radius 1 is 1.24 bits per heavy atom. The molecule has 2 saturated heterocycles. The van der Waals surface area contributed by atoms with Gasteiger partial charge in [-0.15, -0.1) is 0 Å². The van der Waals surface area contributed by atoms with Crippen LogP contribution in [0.2, 0.25) is 0 Å². The normalized spacial score (nSPS) is 58.9. The van der Waals surface area contributed by atoms with Gasteiger partial charge in [-0.25, -0.2) is 0 Å². The molecule has 94 valence electrons. The summed E-state index contributed by atoms with van der Waals surface area (Å²) >= 11 is 0. The van der Waals surface area contributed by atoms with E-state index in [1.165, 1.54) is 6.42 Å². The molecule has 0 N–H and O–H groups in total. The standard InChI is InChI=1S/C15H22O2/c1-9(2)15-5-4-14(12(16)17-15)7-10-6-13(10,3)11(14)8-15/h9-11H,4-8H2,1-3H3. The first-order valence-corrected chi connectivity index (χ1v) is 7.16. The molecule has 5 atom stereocenters. The fourth-order valence-electron chi connectivity index (χ4n) is 5.35. The van der Waals surface area contributed by atoms with E-state index in [0.29, 0.717) is 17.3 Å².